The maximum atomic E-state index is 13.0. The standard InChI is InChI=1S/C31H35N5O4/c37-28-9-8-27(29(38)32-28)36-19-23-17-22(4-7-26(23)30(36)39)21-10-12-33(13-11-21)18-20-2-1-3-25(16-20)35-15-14-34(31(35)40)24-5-6-24/h1-4,7,16-17,21,24,27H,5-6,8-15,18-19H2,(H,32,37,38). The summed E-state index contributed by atoms with van der Waals surface area (Å²) in [6, 6.07) is 14.6. The molecule has 0 spiro atoms. The quantitative estimate of drug-likeness (QED) is 0.567. The molecule has 4 fully saturated rings. The van der Waals surface area contributed by atoms with Gasteiger partial charge in [-0.25, -0.2) is 4.79 Å². The van der Waals surface area contributed by atoms with Crippen molar-refractivity contribution in [3.8, 4) is 0 Å². The fraction of sp³-hybridized carbons (Fsp3) is 0.484. The minimum Gasteiger partial charge on any atom is -0.322 e. The van der Waals surface area contributed by atoms with Crippen molar-refractivity contribution >= 4 is 29.4 Å². The number of amides is 5. The van der Waals surface area contributed by atoms with Gasteiger partial charge in [-0.2, -0.15) is 0 Å². The number of hydrogen-bond acceptors (Lipinski definition) is 5. The molecule has 40 heavy (non-hydrogen) atoms. The first kappa shape index (κ1) is 25.3. The number of rotatable bonds is 6. The highest BCUT2D eigenvalue weighted by Crippen LogP contribution is 2.35. The average molecular weight is 542 g/mol. The van der Waals surface area contributed by atoms with Crippen LogP contribution in [0.4, 0.5) is 10.5 Å². The lowest BCUT2D eigenvalue weighted by molar-refractivity contribution is -0.136. The number of hydrogen-bond donors (Lipinski definition) is 1. The minimum atomic E-state index is -0.580. The SMILES string of the molecule is O=C1CCC(N2Cc3cc(C4CCN(Cc5cccc(N6CCN(C7CC7)C6=O)c5)CC4)ccc3C2=O)C(=O)N1. The van der Waals surface area contributed by atoms with E-state index in [0.29, 0.717) is 30.5 Å². The molecule has 1 aliphatic carbocycles. The van der Waals surface area contributed by atoms with Crippen molar-refractivity contribution in [3.63, 3.8) is 0 Å². The van der Waals surface area contributed by atoms with Gasteiger partial charge in [-0.1, -0.05) is 24.3 Å². The smallest absolute Gasteiger partial charge is 0.322 e. The van der Waals surface area contributed by atoms with Crippen molar-refractivity contribution in [2.24, 2.45) is 0 Å². The monoisotopic (exact) mass is 541 g/mol. The van der Waals surface area contributed by atoms with Crippen molar-refractivity contribution < 1.29 is 19.2 Å². The largest absolute Gasteiger partial charge is 0.324 e. The van der Waals surface area contributed by atoms with E-state index in [2.05, 4.69) is 40.5 Å². The zero-order chi connectivity index (χ0) is 27.4. The number of imide groups is 1. The Hall–Kier alpha value is -3.72. The Balaban J connectivity index is 0.960. The minimum absolute atomic E-state index is 0.121. The van der Waals surface area contributed by atoms with Crippen LogP contribution in [0, 0.1) is 0 Å². The molecule has 1 unspecified atom stereocenters. The van der Waals surface area contributed by atoms with E-state index in [1.165, 1.54) is 11.1 Å². The van der Waals surface area contributed by atoms with E-state index in [0.717, 1.165) is 69.7 Å². The number of nitrogens with zero attached hydrogens (tertiary/aromatic N) is 4. The first-order chi connectivity index (χ1) is 19.4. The fourth-order valence-corrected chi connectivity index (χ4v) is 6.87. The van der Waals surface area contributed by atoms with Crippen LogP contribution in [-0.2, 0) is 22.7 Å². The van der Waals surface area contributed by atoms with Gasteiger partial charge in [0.2, 0.25) is 11.8 Å². The molecule has 2 aromatic carbocycles. The molecule has 1 saturated carbocycles. The van der Waals surface area contributed by atoms with Crippen LogP contribution in [0.2, 0.25) is 0 Å². The lowest BCUT2D eigenvalue weighted by Gasteiger charge is -2.32. The summed E-state index contributed by atoms with van der Waals surface area (Å²) in [6.45, 7) is 4.86. The van der Waals surface area contributed by atoms with Crippen molar-refractivity contribution in [1.29, 1.82) is 0 Å². The lowest BCUT2D eigenvalue weighted by Crippen LogP contribution is -2.52. The predicted molar refractivity (Wildman–Crippen MR) is 149 cm³/mol. The predicted octanol–water partition coefficient (Wildman–Crippen LogP) is 3.23. The Morgan fingerprint density at radius 1 is 0.825 bits per heavy atom. The van der Waals surface area contributed by atoms with Crippen LogP contribution in [0.3, 0.4) is 0 Å². The number of fused-ring (bicyclic) bond motifs is 1. The summed E-state index contributed by atoms with van der Waals surface area (Å²) >= 11 is 0. The second kappa shape index (κ2) is 10.0. The molecule has 0 radical (unpaired) electrons. The maximum Gasteiger partial charge on any atom is 0.324 e. The van der Waals surface area contributed by atoms with Gasteiger partial charge in [-0.15, -0.1) is 0 Å². The average Bonchev–Trinajstić information content (AvgIpc) is 3.65. The molecular formula is C31H35N5O4. The molecule has 3 saturated heterocycles. The summed E-state index contributed by atoms with van der Waals surface area (Å²) in [7, 11) is 0. The summed E-state index contributed by atoms with van der Waals surface area (Å²) in [5.41, 5.74) is 5.13. The van der Waals surface area contributed by atoms with Gasteiger partial charge in [-0.05, 0) is 86.0 Å². The summed E-state index contributed by atoms with van der Waals surface area (Å²) in [4.78, 5) is 57.8. The molecule has 7 rings (SSSR count). The van der Waals surface area contributed by atoms with Crippen LogP contribution in [0.25, 0.3) is 0 Å². The number of urea groups is 1. The number of carbonyl (C=O) groups is 4. The molecule has 208 valence electrons. The van der Waals surface area contributed by atoms with E-state index in [-0.39, 0.29) is 30.2 Å². The third kappa shape index (κ3) is 4.66. The van der Waals surface area contributed by atoms with Crippen molar-refractivity contribution in [2.75, 3.05) is 31.1 Å². The molecule has 4 aliphatic heterocycles. The Labute approximate surface area is 234 Å². The fourth-order valence-electron chi connectivity index (χ4n) is 6.87. The molecule has 2 aromatic rings. The van der Waals surface area contributed by atoms with Gasteiger partial charge in [0, 0.05) is 49.9 Å². The third-order valence-electron chi connectivity index (χ3n) is 9.26. The summed E-state index contributed by atoms with van der Waals surface area (Å²) in [5.74, 6) is -0.330. The normalized spacial score (nSPS) is 24.2. The zero-order valence-corrected chi connectivity index (χ0v) is 22.7. The first-order valence-corrected chi connectivity index (χ1v) is 14.6. The van der Waals surface area contributed by atoms with Gasteiger partial charge in [0.1, 0.15) is 6.04 Å². The zero-order valence-electron chi connectivity index (χ0n) is 22.7. The molecule has 0 bridgehead atoms. The number of anilines is 1. The van der Waals surface area contributed by atoms with Gasteiger partial charge in [0.25, 0.3) is 5.91 Å². The maximum absolute atomic E-state index is 13.0. The molecule has 0 aromatic heterocycles. The van der Waals surface area contributed by atoms with E-state index in [9.17, 15) is 19.2 Å². The van der Waals surface area contributed by atoms with Crippen LogP contribution in [0.15, 0.2) is 42.5 Å². The van der Waals surface area contributed by atoms with Crippen molar-refractivity contribution in [1.82, 2.24) is 20.0 Å². The van der Waals surface area contributed by atoms with Gasteiger partial charge in [0.05, 0.1) is 0 Å². The topological polar surface area (TPSA) is 93.3 Å². The number of benzene rings is 2. The van der Waals surface area contributed by atoms with Gasteiger partial charge >= 0.3 is 6.03 Å². The highest BCUT2D eigenvalue weighted by atomic mass is 16.2. The van der Waals surface area contributed by atoms with E-state index in [1.54, 1.807) is 4.90 Å². The Morgan fingerprint density at radius 3 is 2.42 bits per heavy atom. The van der Waals surface area contributed by atoms with Crippen LogP contribution in [0.1, 0.15) is 71.5 Å². The molecule has 9 nitrogen and oxygen atoms in total. The van der Waals surface area contributed by atoms with Crippen LogP contribution < -0.4 is 10.2 Å². The molecule has 4 heterocycles. The summed E-state index contributed by atoms with van der Waals surface area (Å²) in [5, 5.41) is 2.37. The van der Waals surface area contributed by atoms with Crippen molar-refractivity contribution in [2.45, 2.75) is 69.6 Å². The van der Waals surface area contributed by atoms with E-state index in [4.69, 9.17) is 0 Å². The van der Waals surface area contributed by atoms with E-state index < -0.39 is 6.04 Å². The Bertz CT molecular complexity index is 1380. The number of nitrogens with one attached hydrogen (secondary N) is 1. The second-order valence-corrected chi connectivity index (χ2v) is 11.9. The summed E-state index contributed by atoms with van der Waals surface area (Å²) in [6.07, 6.45) is 5.01. The molecule has 9 heteroatoms. The van der Waals surface area contributed by atoms with Crippen LogP contribution in [-0.4, -0.2) is 76.7 Å². The van der Waals surface area contributed by atoms with Gasteiger partial charge < -0.3 is 9.80 Å². The number of likely N-dealkylation sites (tertiary alicyclic amines) is 1. The Kier molecular flexibility index (Phi) is 6.34. The van der Waals surface area contributed by atoms with Crippen LogP contribution >= 0.6 is 0 Å². The van der Waals surface area contributed by atoms with E-state index >= 15 is 0 Å². The van der Waals surface area contributed by atoms with Crippen LogP contribution in [0.5, 0.6) is 0 Å². The second-order valence-electron chi connectivity index (χ2n) is 11.9. The van der Waals surface area contributed by atoms with Gasteiger partial charge in [-0.3, -0.25) is 29.5 Å². The molecular weight excluding hydrogens is 506 g/mol. The Morgan fingerprint density at radius 2 is 1.65 bits per heavy atom. The van der Waals surface area contributed by atoms with E-state index in [1.807, 2.05) is 21.9 Å². The molecule has 1 atom stereocenters. The summed E-state index contributed by atoms with van der Waals surface area (Å²) < 4.78 is 0. The first-order valence-electron chi connectivity index (χ1n) is 14.6. The number of carbonyl (C=O) groups excluding carboxylic acids is 4. The number of piperidine rings is 2. The highest BCUT2D eigenvalue weighted by Gasteiger charge is 2.40. The third-order valence-corrected chi connectivity index (χ3v) is 9.26. The van der Waals surface area contributed by atoms with Gasteiger partial charge in [0.15, 0.2) is 0 Å². The molecule has 5 aliphatic rings. The molecule has 1 N–H and O–H groups in total. The molecule has 5 amide bonds. The van der Waals surface area contributed by atoms with Crippen molar-refractivity contribution in [3.05, 3.63) is 64.7 Å². The lowest BCUT2D eigenvalue weighted by atomic mass is 9.87. The highest BCUT2D eigenvalue weighted by molar-refractivity contribution is 6.05.